The van der Waals surface area contributed by atoms with Crippen molar-refractivity contribution in [1.82, 2.24) is 9.80 Å². The van der Waals surface area contributed by atoms with Gasteiger partial charge in [0.25, 0.3) is 0 Å². The smallest absolute Gasteiger partial charge is 0.222 e. The van der Waals surface area contributed by atoms with Crippen LogP contribution < -0.4 is 0 Å². The van der Waals surface area contributed by atoms with Crippen molar-refractivity contribution in [3.8, 4) is 0 Å². The molecule has 0 spiro atoms. The molecule has 0 unspecified atom stereocenters. The van der Waals surface area contributed by atoms with E-state index >= 15 is 0 Å². The molecule has 4 nitrogen and oxygen atoms in total. The van der Waals surface area contributed by atoms with Gasteiger partial charge in [-0.1, -0.05) is 0 Å². The molecule has 1 amide bonds. The van der Waals surface area contributed by atoms with Gasteiger partial charge in [0.15, 0.2) is 0 Å². The summed E-state index contributed by atoms with van der Waals surface area (Å²) < 4.78 is 0. The largest absolute Gasteiger partial charge is 0.396 e. The topological polar surface area (TPSA) is 43.8 Å². The van der Waals surface area contributed by atoms with Crippen LogP contribution in [0.25, 0.3) is 0 Å². The lowest BCUT2D eigenvalue weighted by molar-refractivity contribution is -0.133. The molecule has 0 saturated carbocycles. The van der Waals surface area contributed by atoms with Crippen LogP contribution in [0.3, 0.4) is 0 Å². The van der Waals surface area contributed by atoms with Crippen molar-refractivity contribution in [3.05, 3.63) is 0 Å². The average Bonchev–Trinajstić information content (AvgIpc) is 2.15. The van der Waals surface area contributed by atoms with E-state index in [0.717, 1.165) is 26.2 Å². The average molecular weight is 186 g/mol. The molecule has 1 fully saturated rings. The summed E-state index contributed by atoms with van der Waals surface area (Å²) in [5.74, 6) is 0.183. The summed E-state index contributed by atoms with van der Waals surface area (Å²) in [5, 5.41) is 8.58. The molecule has 0 aromatic rings. The van der Waals surface area contributed by atoms with E-state index < -0.39 is 0 Å². The van der Waals surface area contributed by atoms with E-state index in [0.29, 0.717) is 12.8 Å². The Morgan fingerprint density at radius 1 is 1.31 bits per heavy atom. The number of piperazine rings is 1. The minimum atomic E-state index is 0.111. The Morgan fingerprint density at radius 2 is 1.92 bits per heavy atom. The van der Waals surface area contributed by atoms with Crippen LogP contribution in [-0.4, -0.2) is 60.6 Å². The van der Waals surface area contributed by atoms with Crippen molar-refractivity contribution in [2.24, 2.45) is 0 Å². The number of amides is 1. The molecule has 13 heavy (non-hydrogen) atoms. The van der Waals surface area contributed by atoms with Gasteiger partial charge in [-0.05, 0) is 13.5 Å². The van der Waals surface area contributed by atoms with E-state index in [1.165, 1.54) is 0 Å². The number of hydrogen-bond donors (Lipinski definition) is 1. The lowest BCUT2D eigenvalue weighted by Gasteiger charge is -2.32. The Labute approximate surface area is 79.1 Å². The number of nitrogens with zero attached hydrogens (tertiary/aromatic N) is 2. The van der Waals surface area contributed by atoms with Gasteiger partial charge in [-0.25, -0.2) is 0 Å². The molecular weight excluding hydrogens is 168 g/mol. The van der Waals surface area contributed by atoms with Gasteiger partial charge >= 0.3 is 0 Å². The second kappa shape index (κ2) is 5.19. The third-order valence-corrected chi connectivity index (χ3v) is 2.40. The van der Waals surface area contributed by atoms with Gasteiger partial charge in [-0.15, -0.1) is 0 Å². The Kier molecular flexibility index (Phi) is 4.18. The molecule has 4 heteroatoms. The SMILES string of the molecule is CN1CCN(C(=O)CCCO)CC1. The van der Waals surface area contributed by atoms with Gasteiger partial charge in [-0.3, -0.25) is 4.79 Å². The highest BCUT2D eigenvalue weighted by molar-refractivity contribution is 5.76. The molecular formula is C9H18N2O2. The highest BCUT2D eigenvalue weighted by Crippen LogP contribution is 2.02. The van der Waals surface area contributed by atoms with Crippen LogP contribution in [0.5, 0.6) is 0 Å². The molecule has 76 valence electrons. The van der Waals surface area contributed by atoms with E-state index in [1.807, 2.05) is 4.90 Å². The summed E-state index contributed by atoms with van der Waals surface area (Å²) in [5.41, 5.74) is 0. The normalized spacial score (nSPS) is 19.1. The van der Waals surface area contributed by atoms with Crippen LogP contribution in [-0.2, 0) is 4.79 Å². The quantitative estimate of drug-likeness (QED) is 0.648. The first-order valence-corrected chi connectivity index (χ1v) is 4.81. The number of carbonyl (C=O) groups excluding carboxylic acids is 1. The van der Waals surface area contributed by atoms with Crippen LogP contribution in [0, 0.1) is 0 Å². The summed E-state index contributed by atoms with van der Waals surface area (Å²) in [6, 6.07) is 0. The lowest BCUT2D eigenvalue weighted by Crippen LogP contribution is -2.47. The maximum atomic E-state index is 11.5. The molecule has 1 N–H and O–H groups in total. The van der Waals surface area contributed by atoms with Crippen molar-refractivity contribution < 1.29 is 9.90 Å². The molecule has 1 heterocycles. The Balaban J connectivity index is 2.23. The van der Waals surface area contributed by atoms with Crippen molar-refractivity contribution in [2.75, 3.05) is 39.8 Å². The van der Waals surface area contributed by atoms with E-state index in [1.54, 1.807) is 0 Å². The monoisotopic (exact) mass is 186 g/mol. The number of rotatable bonds is 3. The van der Waals surface area contributed by atoms with Crippen LogP contribution in [0.1, 0.15) is 12.8 Å². The fourth-order valence-electron chi connectivity index (χ4n) is 1.44. The van der Waals surface area contributed by atoms with E-state index in [9.17, 15) is 4.79 Å². The predicted octanol–water partition coefficient (Wildman–Crippen LogP) is -0.467. The fourth-order valence-corrected chi connectivity index (χ4v) is 1.44. The van der Waals surface area contributed by atoms with Gasteiger partial charge in [-0.2, -0.15) is 0 Å². The number of aliphatic hydroxyl groups is 1. The fraction of sp³-hybridized carbons (Fsp3) is 0.889. The first kappa shape index (κ1) is 10.5. The summed E-state index contributed by atoms with van der Waals surface area (Å²) in [7, 11) is 2.07. The molecule has 1 rings (SSSR count). The van der Waals surface area contributed by atoms with Crippen LogP contribution in [0.15, 0.2) is 0 Å². The van der Waals surface area contributed by atoms with E-state index in [-0.39, 0.29) is 12.5 Å². The van der Waals surface area contributed by atoms with Crippen molar-refractivity contribution in [3.63, 3.8) is 0 Å². The second-order valence-corrected chi connectivity index (χ2v) is 3.51. The van der Waals surface area contributed by atoms with Crippen LogP contribution >= 0.6 is 0 Å². The van der Waals surface area contributed by atoms with Crippen molar-refractivity contribution in [1.29, 1.82) is 0 Å². The zero-order valence-electron chi connectivity index (χ0n) is 8.20. The first-order chi connectivity index (χ1) is 6.24. The second-order valence-electron chi connectivity index (χ2n) is 3.51. The number of carbonyl (C=O) groups is 1. The van der Waals surface area contributed by atoms with E-state index in [2.05, 4.69) is 11.9 Å². The summed E-state index contributed by atoms with van der Waals surface area (Å²) in [6.45, 7) is 3.71. The Morgan fingerprint density at radius 3 is 2.46 bits per heavy atom. The minimum Gasteiger partial charge on any atom is -0.396 e. The highest BCUT2D eigenvalue weighted by atomic mass is 16.3. The number of hydrogen-bond acceptors (Lipinski definition) is 3. The molecule has 0 radical (unpaired) electrons. The Bertz CT molecular complexity index is 165. The Hall–Kier alpha value is -0.610. The number of aliphatic hydroxyl groups excluding tert-OH is 1. The molecule has 0 bridgehead atoms. The molecule has 0 aromatic carbocycles. The summed E-state index contributed by atoms with van der Waals surface area (Å²) >= 11 is 0. The molecule has 0 aromatic heterocycles. The highest BCUT2D eigenvalue weighted by Gasteiger charge is 2.17. The van der Waals surface area contributed by atoms with Crippen LogP contribution in [0.2, 0.25) is 0 Å². The van der Waals surface area contributed by atoms with Crippen molar-refractivity contribution >= 4 is 5.91 Å². The lowest BCUT2D eigenvalue weighted by atomic mass is 10.2. The molecule has 0 aliphatic carbocycles. The zero-order valence-corrected chi connectivity index (χ0v) is 8.20. The third kappa shape index (κ3) is 3.32. The van der Waals surface area contributed by atoms with Gasteiger partial charge in [0.2, 0.25) is 5.91 Å². The molecule has 1 saturated heterocycles. The van der Waals surface area contributed by atoms with Gasteiger partial charge in [0.05, 0.1) is 0 Å². The molecule has 1 aliphatic heterocycles. The third-order valence-electron chi connectivity index (χ3n) is 2.40. The standard InChI is InChI=1S/C9H18N2O2/c1-10-4-6-11(7-5-10)9(13)3-2-8-12/h12H,2-8H2,1H3. The zero-order chi connectivity index (χ0) is 9.68. The predicted molar refractivity (Wildman–Crippen MR) is 50.4 cm³/mol. The van der Waals surface area contributed by atoms with E-state index in [4.69, 9.17) is 5.11 Å². The summed E-state index contributed by atoms with van der Waals surface area (Å²) in [4.78, 5) is 15.6. The maximum Gasteiger partial charge on any atom is 0.222 e. The van der Waals surface area contributed by atoms with Crippen LogP contribution in [0.4, 0.5) is 0 Å². The van der Waals surface area contributed by atoms with Gasteiger partial charge in [0, 0.05) is 39.2 Å². The van der Waals surface area contributed by atoms with Crippen molar-refractivity contribution in [2.45, 2.75) is 12.8 Å². The van der Waals surface area contributed by atoms with Gasteiger partial charge < -0.3 is 14.9 Å². The molecule has 0 atom stereocenters. The molecule has 1 aliphatic rings. The minimum absolute atomic E-state index is 0.111. The maximum absolute atomic E-state index is 11.5. The summed E-state index contributed by atoms with van der Waals surface area (Å²) in [6.07, 6.45) is 1.07. The first-order valence-electron chi connectivity index (χ1n) is 4.81. The number of likely N-dealkylation sites (N-methyl/N-ethyl adjacent to an activating group) is 1. The van der Waals surface area contributed by atoms with Gasteiger partial charge in [0.1, 0.15) is 0 Å².